The number of carbonyl (C=O) groups excluding carboxylic acids is 3. The van der Waals surface area contributed by atoms with Gasteiger partial charge >= 0.3 is 0 Å². The highest BCUT2D eigenvalue weighted by Gasteiger charge is 2.68. The quantitative estimate of drug-likeness (QED) is 0.299. The van der Waals surface area contributed by atoms with Gasteiger partial charge in [0.05, 0.1) is 23.6 Å². The fourth-order valence-electron chi connectivity index (χ4n) is 6.68. The van der Waals surface area contributed by atoms with Gasteiger partial charge in [-0.15, -0.1) is 0 Å². The van der Waals surface area contributed by atoms with E-state index >= 15 is 0 Å². The second-order valence-corrected chi connectivity index (χ2v) is 12.3. The van der Waals surface area contributed by atoms with Crippen molar-refractivity contribution in [2.75, 3.05) is 33.1 Å². The van der Waals surface area contributed by atoms with Crippen LogP contribution in [0.3, 0.4) is 0 Å². The van der Waals surface area contributed by atoms with Crippen molar-refractivity contribution in [1.29, 1.82) is 0 Å². The van der Waals surface area contributed by atoms with E-state index in [1.165, 1.54) is 19.0 Å². The van der Waals surface area contributed by atoms with Crippen molar-refractivity contribution in [3.63, 3.8) is 0 Å². The van der Waals surface area contributed by atoms with Crippen molar-refractivity contribution in [3.8, 4) is 5.75 Å². The van der Waals surface area contributed by atoms with E-state index in [1.807, 2.05) is 20.8 Å². The van der Waals surface area contributed by atoms with Gasteiger partial charge in [-0.25, -0.2) is 0 Å². The van der Waals surface area contributed by atoms with Gasteiger partial charge in [-0.1, -0.05) is 27.7 Å². The van der Waals surface area contributed by atoms with Crippen molar-refractivity contribution in [2.45, 2.75) is 56.8 Å². The number of benzene rings is 1. The summed E-state index contributed by atoms with van der Waals surface area (Å²) in [4.78, 5) is 42.8. The zero-order chi connectivity index (χ0) is 29.7. The highest BCUT2D eigenvalue weighted by atomic mass is 16.4. The SMILES string of the molecule is C[C@@H]1c2c(N(C)C)cc(C(C)(C)C)c(O)c2C(O)=C2C(=O)[C@@]3(O)C(O)=C(C(N)=O)C(=O)[C@H](N(C)C)[C@H]3[C@H](O)[C@H]21. The Balaban J connectivity index is 2.13. The Bertz CT molecular complexity index is 1370. The molecule has 4 rings (SSSR count). The smallest absolute Gasteiger partial charge is 0.255 e. The van der Waals surface area contributed by atoms with Crippen molar-refractivity contribution in [1.82, 2.24) is 4.90 Å². The summed E-state index contributed by atoms with van der Waals surface area (Å²) < 4.78 is 0. The van der Waals surface area contributed by atoms with E-state index in [0.29, 0.717) is 16.8 Å². The molecule has 1 aromatic carbocycles. The lowest BCUT2D eigenvalue weighted by atomic mass is 9.54. The summed E-state index contributed by atoms with van der Waals surface area (Å²) in [5, 5.41) is 57.7. The number of carbonyl (C=O) groups is 3. The number of hydrogen-bond donors (Lipinski definition) is 6. The molecule has 0 radical (unpaired) electrons. The normalized spacial score (nSPS) is 30.8. The number of aliphatic hydroxyl groups excluding tert-OH is 3. The molecule has 0 bridgehead atoms. The largest absolute Gasteiger partial charge is 0.508 e. The van der Waals surface area contributed by atoms with Gasteiger partial charge in [0.1, 0.15) is 22.8 Å². The molecule has 1 amide bonds. The second-order valence-electron chi connectivity index (χ2n) is 12.3. The molecule has 0 aromatic heterocycles. The van der Waals surface area contributed by atoms with Crippen LogP contribution in [0.1, 0.15) is 50.3 Å². The molecule has 0 saturated heterocycles. The summed E-state index contributed by atoms with van der Waals surface area (Å²) in [6.45, 7) is 7.36. The molecule has 3 aliphatic carbocycles. The maximum absolute atomic E-state index is 14.1. The number of fused-ring (bicyclic) bond motifs is 3. The molecule has 1 fully saturated rings. The molecule has 6 atom stereocenters. The van der Waals surface area contributed by atoms with Crippen molar-refractivity contribution in [2.24, 2.45) is 17.6 Å². The summed E-state index contributed by atoms with van der Waals surface area (Å²) in [7, 11) is 6.53. The Hall–Kier alpha value is -3.41. The first-order chi connectivity index (χ1) is 17.8. The van der Waals surface area contributed by atoms with Gasteiger partial charge in [-0.05, 0) is 37.1 Å². The molecule has 212 valence electrons. The lowest BCUT2D eigenvalue weighted by molar-refractivity contribution is -0.169. The number of aromatic hydroxyl groups is 1. The molecular weight excluding hydrogens is 506 g/mol. The number of phenols is 1. The number of nitrogens with zero attached hydrogens (tertiary/aromatic N) is 2. The Morgan fingerprint density at radius 1 is 1.08 bits per heavy atom. The van der Waals surface area contributed by atoms with E-state index < -0.39 is 81.1 Å². The van der Waals surface area contributed by atoms with Gasteiger partial charge in [-0.2, -0.15) is 0 Å². The van der Waals surface area contributed by atoms with Crippen LogP contribution in [0.4, 0.5) is 5.69 Å². The number of phenolic OH excluding ortho intramolecular Hbond substituents is 1. The second kappa shape index (κ2) is 8.80. The van der Waals surface area contributed by atoms with Crippen molar-refractivity contribution < 1.29 is 39.9 Å². The third-order valence-corrected chi connectivity index (χ3v) is 8.49. The number of rotatable bonds is 3. The van der Waals surface area contributed by atoms with Gasteiger partial charge in [0.25, 0.3) is 5.91 Å². The van der Waals surface area contributed by atoms with Gasteiger partial charge in [0.2, 0.25) is 5.78 Å². The summed E-state index contributed by atoms with van der Waals surface area (Å²) in [5.41, 5.74) is 2.12. The van der Waals surface area contributed by atoms with Gasteiger partial charge in [0, 0.05) is 36.8 Å². The predicted molar refractivity (Wildman–Crippen MR) is 143 cm³/mol. The zero-order valence-electron chi connectivity index (χ0n) is 23.4. The average Bonchev–Trinajstić information content (AvgIpc) is 2.79. The molecule has 1 saturated carbocycles. The molecule has 7 N–H and O–H groups in total. The fraction of sp³-hybridized carbons (Fsp3) is 0.536. The Kier molecular flexibility index (Phi) is 6.45. The van der Waals surface area contributed by atoms with Crippen LogP contribution in [-0.4, -0.2) is 93.8 Å². The number of Topliss-reactive ketones (excluding diaryl/α,β-unsaturated/α-hetero) is 2. The van der Waals surface area contributed by atoms with Crippen LogP contribution in [0, 0.1) is 11.8 Å². The highest BCUT2D eigenvalue weighted by molar-refractivity contribution is 6.24. The highest BCUT2D eigenvalue weighted by Crippen LogP contribution is 2.58. The number of amides is 1. The van der Waals surface area contributed by atoms with Crippen LogP contribution in [0.15, 0.2) is 23.0 Å². The van der Waals surface area contributed by atoms with Crippen LogP contribution in [0.2, 0.25) is 0 Å². The summed E-state index contributed by atoms with van der Waals surface area (Å²) in [5.74, 6) is -9.02. The van der Waals surface area contributed by atoms with E-state index in [0.717, 1.165) is 0 Å². The van der Waals surface area contributed by atoms with Crippen LogP contribution in [0.5, 0.6) is 5.75 Å². The Labute approximate surface area is 226 Å². The minimum Gasteiger partial charge on any atom is -0.508 e. The molecule has 0 unspecified atom stereocenters. The predicted octanol–water partition coefficient (Wildman–Crippen LogP) is 0.859. The molecule has 3 aliphatic rings. The first kappa shape index (κ1) is 28.6. The number of hydrogen-bond acceptors (Lipinski definition) is 10. The van der Waals surface area contributed by atoms with Crippen molar-refractivity contribution in [3.05, 3.63) is 39.7 Å². The maximum Gasteiger partial charge on any atom is 0.255 e. The van der Waals surface area contributed by atoms with Crippen molar-refractivity contribution >= 4 is 28.9 Å². The number of ketones is 2. The molecule has 39 heavy (non-hydrogen) atoms. The number of nitrogens with two attached hydrogens (primary N) is 1. The molecule has 11 nitrogen and oxygen atoms in total. The van der Waals surface area contributed by atoms with Crippen LogP contribution >= 0.6 is 0 Å². The van der Waals surface area contributed by atoms with Gasteiger partial charge in [-0.3, -0.25) is 19.3 Å². The third kappa shape index (κ3) is 3.63. The molecular formula is C28H37N3O8. The zero-order valence-corrected chi connectivity index (χ0v) is 23.4. The fourth-order valence-corrected chi connectivity index (χ4v) is 6.68. The average molecular weight is 544 g/mol. The van der Waals surface area contributed by atoms with Crippen LogP contribution in [0.25, 0.3) is 5.76 Å². The number of primary amides is 1. The number of aliphatic hydroxyl groups is 4. The minimum atomic E-state index is -2.94. The van der Waals surface area contributed by atoms with E-state index in [1.54, 1.807) is 32.0 Å². The van der Waals surface area contributed by atoms with E-state index in [-0.39, 0.29) is 11.3 Å². The van der Waals surface area contributed by atoms with Gasteiger partial charge in [0.15, 0.2) is 11.4 Å². The topological polar surface area (TPSA) is 185 Å². The van der Waals surface area contributed by atoms with Crippen LogP contribution in [-0.2, 0) is 19.8 Å². The molecule has 0 aliphatic heterocycles. The standard InChI is InChI=1S/C28H37N3O8/c1-10-13-12(30(5)6)9-11(27(2,3)4)20(32)15(13)21(33)16-14(10)22(34)18-19(31(7)8)23(35)17(26(29)38)25(37)28(18,39)24(16)36/h9-10,14,18-19,22,32-34,37,39H,1-8H3,(H2,29,38)/t10-,14+,18+,19-,22-,28-/m1/s1. The number of anilines is 1. The lowest BCUT2D eigenvalue weighted by Crippen LogP contribution is -2.70. The monoisotopic (exact) mass is 543 g/mol. The van der Waals surface area contributed by atoms with Crippen LogP contribution < -0.4 is 10.6 Å². The first-order valence-corrected chi connectivity index (χ1v) is 12.7. The maximum atomic E-state index is 14.1. The Morgan fingerprint density at radius 2 is 1.64 bits per heavy atom. The van der Waals surface area contributed by atoms with E-state index in [9.17, 15) is 39.9 Å². The van der Waals surface area contributed by atoms with E-state index in [2.05, 4.69) is 0 Å². The summed E-state index contributed by atoms with van der Waals surface area (Å²) >= 11 is 0. The van der Waals surface area contributed by atoms with Gasteiger partial charge < -0.3 is 36.2 Å². The summed E-state index contributed by atoms with van der Waals surface area (Å²) in [6, 6.07) is 0.408. The Morgan fingerprint density at radius 3 is 2.10 bits per heavy atom. The molecule has 0 heterocycles. The molecule has 11 heteroatoms. The lowest BCUT2D eigenvalue weighted by Gasteiger charge is -2.54. The minimum absolute atomic E-state index is 0.0119. The first-order valence-electron chi connectivity index (χ1n) is 12.7. The molecule has 0 spiro atoms. The number of likely N-dealkylation sites (N-methyl/N-ethyl adjacent to an activating group) is 1. The van der Waals surface area contributed by atoms with E-state index in [4.69, 9.17) is 5.73 Å². The summed E-state index contributed by atoms with van der Waals surface area (Å²) in [6.07, 6.45) is -1.64. The molecule has 1 aromatic rings. The third-order valence-electron chi connectivity index (χ3n) is 8.49.